The highest BCUT2D eigenvalue weighted by Gasteiger charge is 2.24. The average molecular weight is 432 g/mol. The minimum Gasteiger partial charge on any atom is -0.219 e. The molecule has 8 heteroatoms. The van der Waals surface area contributed by atoms with Crippen molar-refractivity contribution in [1.29, 1.82) is 0 Å². The fourth-order valence-electron chi connectivity index (χ4n) is 2.26. The molecule has 0 heterocycles. The van der Waals surface area contributed by atoms with E-state index in [1.54, 1.807) is 26.0 Å². The van der Waals surface area contributed by atoms with Crippen LogP contribution in [0, 0.1) is 0 Å². The molecule has 0 aliphatic heterocycles. The molecule has 0 radical (unpaired) electrons. The van der Waals surface area contributed by atoms with Gasteiger partial charge < -0.3 is 0 Å². The van der Waals surface area contributed by atoms with Crippen molar-refractivity contribution in [2.75, 3.05) is 13.1 Å². The highest BCUT2D eigenvalue weighted by atomic mass is 79.9. The molecule has 130 valence electrons. The summed E-state index contributed by atoms with van der Waals surface area (Å²) in [7, 11) is -7.49. The van der Waals surface area contributed by atoms with Crippen molar-refractivity contribution in [3.8, 4) is 0 Å². The molecule has 0 unspecified atom stereocenters. The second-order valence-electron chi connectivity index (χ2n) is 5.02. The Hall–Kier alpha value is -1.22. The van der Waals surface area contributed by atoms with E-state index in [1.165, 1.54) is 40.7 Å². The van der Waals surface area contributed by atoms with Gasteiger partial charge in [-0.3, -0.25) is 0 Å². The number of sulfone groups is 1. The maximum absolute atomic E-state index is 12.7. The van der Waals surface area contributed by atoms with Crippen molar-refractivity contribution < 1.29 is 16.8 Å². The maximum atomic E-state index is 12.7. The molecule has 24 heavy (non-hydrogen) atoms. The topological polar surface area (TPSA) is 71.5 Å². The van der Waals surface area contributed by atoms with Crippen molar-refractivity contribution in [2.45, 2.75) is 28.5 Å². The summed E-state index contributed by atoms with van der Waals surface area (Å²) in [5.74, 6) is 0. The van der Waals surface area contributed by atoms with E-state index in [1.807, 2.05) is 0 Å². The van der Waals surface area contributed by atoms with E-state index in [0.717, 1.165) is 4.47 Å². The summed E-state index contributed by atoms with van der Waals surface area (Å²) in [4.78, 5) is 0.0468. The predicted molar refractivity (Wildman–Crippen MR) is 96.1 cm³/mol. The fraction of sp³-hybridized carbons (Fsp3) is 0.250. The Balaban J connectivity index is 2.53. The van der Waals surface area contributed by atoms with Crippen LogP contribution in [0.3, 0.4) is 0 Å². The largest absolute Gasteiger partial charge is 0.243 e. The molecule has 0 aliphatic carbocycles. The molecular formula is C16H18BrNO4S2. The number of rotatable bonds is 6. The maximum Gasteiger partial charge on any atom is 0.243 e. The van der Waals surface area contributed by atoms with Crippen LogP contribution in [0.15, 0.2) is 67.7 Å². The second kappa shape index (κ2) is 7.35. The van der Waals surface area contributed by atoms with Crippen LogP contribution in [0.1, 0.15) is 13.8 Å². The molecule has 0 aliphatic rings. The van der Waals surface area contributed by atoms with Gasteiger partial charge in [0.15, 0.2) is 0 Å². The molecule has 0 saturated heterocycles. The third-order valence-corrected chi connectivity index (χ3v) is 7.92. The molecule has 5 nitrogen and oxygen atoms in total. The first kappa shape index (κ1) is 19.1. The Morgan fingerprint density at radius 3 is 1.92 bits per heavy atom. The number of hydrogen-bond acceptors (Lipinski definition) is 4. The Labute approximate surface area is 151 Å². The molecular weight excluding hydrogens is 414 g/mol. The summed E-state index contributed by atoms with van der Waals surface area (Å²) in [6.07, 6.45) is 0. The zero-order valence-corrected chi connectivity index (χ0v) is 16.5. The van der Waals surface area contributed by atoms with Crippen LogP contribution in [0.25, 0.3) is 0 Å². The van der Waals surface area contributed by atoms with Gasteiger partial charge >= 0.3 is 0 Å². The lowest BCUT2D eigenvalue weighted by Crippen LogP contribution is -2.30. The third kappa shape index (κ3) is 3.72. The summed E-state index contributed by atoms with van der Waals surface area (Å²) < 4.78 is 52.6. The molecule has 0 saturated carbocycles. The monoisotopic (exact) mass is 431 g/mol. The standard InChI is InChI=1S/C16H18BrNO4S2/c1-3-18(4-2)24(21,22)16-7-5-6-15(12-16)23(19,20)14-10-8-13(17)9-11-14/h5-12H,3-4H2,1-2H3. The van der Waals surface area contributed by atoms with E-state index in [0.29, 0.717) is 13.1 Å². The zero-order chi connectivity index (χ0) is 18.0. The molecule has 0 fully saturated rings. The second-order valence-corrected chi connectivity index (χ2v) is 9.82. The van der Waals surface area contributed by atoms with Crippen LogP contribution in [-0.4, -0.2) is 34.2 Å². The first-order valence-electron chi connectivity index (χ1n) is 7.34. The van der Waals surface area contributed by atoms with Gasteiger partial charge in [-0.05, 0) is 42.5 Å². The third-order valence-electron chi connectivity index (χ3n) is 3.58. The summed E-state index contributed by atoms with van der Waals surface area (Å²) in [6, 6.07) is 11.7. The minimum absolute atomic E-state index is 0.0237. The SMILES string of the molecule is CCN(CC)S(=O)(=O)c1cccc(S(=O)(=O)c2ccc(Br)cc2)c1. The Morgan fingerprint density at radius 2 is 1.38 bits per heavy atom. The van der Waals surface area contributed by atoms with Gasteiger partial charge in [0.25, 0.3) is 0 Å². The van der Waals surface area contributed by atoms with E-state index in [4.69, 9.17) is 0 Å². The van der Waals surface area contributed by atoms with Crippen LogP contribution < -0.4 is 0 Å². The number of hydrogen-bond donors (Lipinski definition) is 0. The average Bonchev–Trinajstić information content (AvgIpc) is 2.56. The van der Waals surface area contributed by atoms with E-state index in [9.17, 15) is 16.8 Å². The van der Waals surface area contributed by atoms with Crippen LogP contribution >= 0.6 is 15.9 Å². The number of benzene rings is 2. The molecule has 0 atom stereocenters. The van der Waals surface area contributed by atoms with Crippen molar-refractivity contribution in [1.82, 2.24) is 4.31 Å². The van der Waals surface area contributed by atoms with Crippen LogP contribution in [0.2, 0.25) is 0 Å². The zero-order valence-electron chi connectivity index (χ0n) is 13.3. The van der Waals surface area contributed by atoms with E-state index in [2.05, 4.69) is 15.9 Å². The lowest BCUT2D eigenvalue weighted by Gasteiger charge is -2.18. The Morgan fingerprint density at radius 1 is 0.833 bits per heavy atom. The molecule has 0 spiro atoms. The first-order chi connectivity index (χ1) is 11.2. The van der Waals surface area contributed by atoms with E-state index >= 15 is 0 Å². The highest BCUT2D eigenvalue weighted by molar-refractivity contribution is 9.10. The normalized spacial score (nSPS) is 12.5. The van der Waals surface area contributed by atoms with Gasteiger partial charge in [-0.1, -0.05) is 35.8 Å². The quantitative estimate of drug-likeness (QED) is 0.702. The van der Waals surface area contributed by atoms with Crippen LogP contribution in [-0.2, 0) is 19.9 Å². The van der Waals surface area contributed by atoms with Gasteiger partial charge in [0, 0.05) is 17.6 Å². The lowest BCUT2D eigenvalue weighted by atomic mass is 10.4. The van der Waals surface area contributed by atoms with Crippen molar-refractivity contribution in [3.63, 3.8) is 0 Å². The molecule has 2 aromatic rings. The van der Waals surface area contributed by atoms with Gasteiger partial charge in [-0.2, -0.15) is 4.31 Å². The Bertz CT molecular complexity index is 919. The van der Waals surface area contributed by atoms with Gasteiger partial charge in [0.05, 0.1) is 14.7 Å². The lowest BCUT2D eigenvalue weighted by molar-refractivity contribution is 0.445. The van der Waals surface area contributed by atoms with Gasteiger partial charge in [0.1, 0.15) is 0 Å². The van der Waals surface area contributed by atoms with Gasteiger partial charge in [0.2, 0.25) is 19.9 Å². The number of sulfonamides is 1. The molecule has 2 aromatic carbocycles. The summed E-state index contributed by atoms with van der Waals surface area (Å²) in [5.41, 5.74) is 0. The summed E-state index contributed by atoms with van der Waals surface area (Å²) in [5, 5.41) is 0. The number of halogens is 1. The van der Waals surface area contributed by atoms with E-state index in [-0.39, 0.29) is 14.7 Å². The Kier molecular flexibility index (Phi) is 5.85. The summed E-state index contributed by atoms with van der Waals surface area (Å²) >= 11 is 3.26. The van der Waals surface area contributed by atoms with Crippen molar-refractivity contribution in [2.24, 2.45) is 0 Å². The highest BCUT2D eigenvalue weighted by Crippen LogP contribution is 2.25. The van der Waals surface area contributed by atoms with Crippen LogP contribution in [0.4, 0.5) is 0 Å². The molecule has 0 amide bonds. The molecule has 0 N–H and O–H groups in total. The predicted octanol–water partition coefficient (Wildman–Crippen LogP) is 3.31. The molecule has 2 rings (SSSR count). The van der Waals surface area contributed by atoms with Gasteiger partial charge in [-0.15, -0.1) is 0 Å². The molecule has 0 aromatic heterocycles. The number of nitrogens with zero attached hydrogens (tertiary/aromatic N) is 1. The van der Waals surface area contributed by atoms with Crippen LogP contribution in [0.5, 0.6) is 0 Å². The van der Waals surface area contributed by atoms with Crippen molar-refractivity contribution in [3.05, 3.63) is 53.0 Å². The molecule has 0 bridgehead atoms. The summed E-state index contributed by atoms with van der Waals surface area (Å²) in [6.45, 7) is 4.12. The van der Waals surface area contributed by atoms with Crippen molar-refractivity contribution >= 4 is 35.8 Å². The fourth-order valence-corrected chi connectivity index (χ4v) is 5.41. The first-order valence-corrected chi connectivity index (χ1v) is 11.1. The smallest absolute Gasteiger partial charge is 0.219 e. The minimum atomic E-state index is -3.78. The van der Waals surface area contributed by atoms with Gasteiger partial charge in [-0.25, -0.2) is 16.8 Å². The van der Waals surface area contributed by atoms with E-state index < -0.39 is 19.9 Å².